The predicted octanol–water partition coefficient (Wildman–Crippen LogP) is 2.17. The van der Waals surface area contributed by atoms with Crippen molar-refractivity contribution in [2.24, 2.45) is 0 Å². The Kier molecular flexibility index (Phi) is 3.97. The Morgan fingerprint density at radius 2 is 1.80 bits per heavy atom. The number of rotatable bonds is 4. The number of hydrogen-bond acceptors (Lipinski definition) is 6. The third kappa shape index (κ3) is 2.93. The molecule has 0 unspecified atom stereocenters. The molecule has 2 N–H and O–H groups in total. The zero-order chi connectivity index (χ0) is 14.7. The lowest BCUT2D eigenvalue weighted by Crippen LogP contribution is -2.16. The van der Waals surface area contributed by atoms with Gasteiger partial charge in [-0.3, -0.25) is 0 Å². The van der Waals surface area contributed by atoms with Gasteiger partial charge >= 0.3 is 0 Å². The molecule has 0 aliphatic carbocycles. The van der Waals surface area contributed by atoms with Crippen LogP contribution in [-0.4, -0.2) is 36.1 Å². The summed E-state index contributed by atoms with van der Waals surface area (Å²) < 4.78 is 13.8. The third-order valence-corrected chi connectivity index (χ3v) is 2.71. The fraction of sp³-hybridized carbons (Fsp3) is 0.308. The average Bonchev–Trinajstić information content (AvgIpc) is 2.42. The van der Waals surface area contributed by atoms with Crippen LogP contribution in [0.15, 0.2) is 18.2 Å². The lowest BCUT2D eigenvalue weighted by Gasteiger charge is -2.14. The molecule has 2 aromatic rings. The number of nitrogens with one attached hydrogen (secondary N) is 2. The van der Waals surface area contributed by atoms with Crippen molar-refractivity contribution in [3.8, 4) is 0 Å². The summed E-state index contributed by atoms with van der Waals surface area (Å²) in [4.78, 5) is 14.4. The van der Waals surface area contributed by atoms with Crippen LogP contribution in [0.3, 0.4) is 0 Å². The van der Waals surface area contributed by atoms with Crippen LogP contribution in [0.4, 0.5) is 27.9 Å². The Bertz CT molecular complexity index is 594. The number of aromatic nitrogens is 3. The third-order valence-electron chi connectivity index (χ3n) is 2.71. The minimum Gasteiger partial charge on any atom is -0.357 e. The van der Waals surface area contributed by atoms with Crippen LogP contribution in [0.5, 0.6) is 0 Å². The monoisotopic (exact) mass is 276 g/mol. The molecule has 0 aliphatic heterocycles. The number of aryl methyl sites for hydroxylation is 1. The van der Waals surface area contributed by atoms with Gasteiger partial charge in [-0.15, -0.1) is 0 Å². The Hall–Kier alpha value is -2.44. The van der Waals surface area contributed by atoms with Gasteiger partial charge in [0, 0.05) is 21.1 Å². The second kappa shape index (κ2) is 5.68. The highest BCUT2D eigenvalue weighted by molar-refractivity contribution is 5.60. The van der Waals surface area contributed by atoms with Gasteiger partial charge in [0.25, 0.3) is 0 Å². The zero-order valence-electron chi connectivity index (χ0n) is 11.9. The molecule has 0 radical (unpaired) electrons. The van der Waals surface area contributed by atoms with Crippen molar-refractivity contribution < 1.29 is 4.39 Å². The first kappa shape index (κ1) is 14.0. The number of para-hydroxylation sites is 1. The molecule has 0 saturated heterocycles. The molecule has 0 bridgehead atoms. The molecule has 0 saturated carbocycles. The van der Waals surface area contributed by atoms with Crippen molar-refractivity contribution in [3.05, 3.63) is 29.6 Å². The van der Waals surface area contributed by atoms with E-state index < -0.39 is 0 Å². The van der Waals surface area contributed by atoms with E-state index in [1.807, 2.05) is 27.1 Å². The van der Waals surface area contributed by atoms with Crippen molar-refractivity contribution in [2.45, 2.75) is 6.92 Å². The highest BCUT2D eigenvalue weighted by Gasteiger charge is 2.11. The SMILES string of the molecule is CNc1nc(Nc2c(C)cccc2F)nc(N(C)C)n1. The van der Waals surface area contributed by atoms with Crippen molar-refractivity contribution >= 4 is 23.5 Å². The van der Waals surface area contributed by atoms with Gasteiger partial charge in [-0.1, -0.05) is 12.1 Å². The highest BCUT2D eigenvalue weighted by Crippen LogP contribution is 2.23. The molecule has 1 aromatic heterocycles. The fourth-order valence-electron chi connectivity index (χ4n) is 1.63. The van der Waals surface area contributed by atoms with Crippen molar-refractivity contribution in [3.63, 3.8) is 0 Å². The number of hydrogen-bond donors (Lipinski definition) is 2. The van der Waals surface area contributed by atoms with E-state index in [0.717, 1.165) is 5.56 Å². The maximum absolute atomic E-state index is 13.8. The van der Waals surface area contributed by atoms with Gasteiger partial charge in [0.2, 0.25) is 17.8 Å². The molecule has 106 valence electrons. The Morgan fingerprint density at radius 3 is 2.40 bits per heavy atom. The van der Waals surface area contributed by atoms with Gasteiger partial charge in [-0.05, 0) is 18.6 Å². The van der Waals surface area contributed by atoms with E-state index in [4.69, 9.17) is 0 Å². The second-order valence-electron chi connectivity index (χ2n) is 4.48. The minimum atomic E-state index is -0.345. The summed E-state index contributed by atoms with van der Waals surface area (Å²) in [5.41, 5.74) is 1.15. The van der Waals surface area contributed by atoms with Crippen molar-refractivity contribution in [1.29, 1.82) is 0 Å². The van der Waals surface area contributed by atoms with E-state index in [2.05, 4.69) is 25.6 Å². The van der Waals surface area contributed by atoms with Crippen LogP contribution in [0, 0.1) is 12.7 Å². The van der Waals surface area contributed by atoms with Gasteiger partial charge in [0.15, 0.2) is 0 Å². The normalized spacial score (nSPS) is 10.2. The molecule has 0 spiro atoms. The molecule has 1 heterocycles. The zero-order valence-corrected chi connectivity index (χ0v) is 11.9. The van der Waals surface area contributed by atoms with Gasteiger partial charge in [-0.2, -0.15) is 15.0 Å². The quantitative estimate of drug-likeness (QED) is 0.892. The smallest absolute Gasteiger partial charge is 0.233 e. The molecule has 2 rings (SSSR count). The number of benzene rings is 1. The van der Waals surface area contributed by atoms with Crippen LogP contribution in [0.2, 0.25) is 0 Å². The Labute approximate surface area is 117 Å². The minimum absolute atomic E-state index is 0.293. The first-order valence-electron chi connectivity index (χ1n) is 6.14. The molecule has 0 aliphatic rings. The molecule has 0 fully saturated rings. The summed E-state index contributed by atoms with van der Waals surface area (Å²) >= 11 is 0. The van der Waals surface area contributed by atoms with E-state index >= 15 is 0 Å². The van der Waals surface area contributed by atoms with Gasteiger partial charge < -0.3 is 15.5 Å². The standard InChI is InChI=1S/C13H17FN6/c1-8-6-5-7-9(14)10(8)16-12-17-11(15-2)18-13(19-12)20(3)4/h5-7H,1-4H3,(H2,15,16,17,18,19). The summed E-state index contributed by atoms with van der Waals surface area (Å²) in [6.45, 7) is 1.82. The maximum atomic E-state index is 13.8. The maximum Gasteiger partial charge on any atom is 0.233 e. The van der Waals surface area contributed by atoms with Crippen LogP contribution in [0.25, 0.3) is 0 Å². The first-order valence-corrected chi connectivity index (χ1v) is 6.14. The average molecular weight is 276 g/mol. The van der Waals surface area contributed by atoms with E-state index in [-0.39, 0.29) is 5.82 Å². The van der Waals surface area contributed by atoms with E-state index in [0.29, 0.717) is 23.5 Å². The van der Waals surface area contributed by atoms with Crippen LogP contribution >= 0.6 is 0 Å². The van der Waals surface area contributed by atoms with Crippen molar-refractivity contribution in [2.75, 3.05) is 36.7 Å². The molecule has 20 heavy (non-hydrogen) atoms. The van der Waals surface area contributed by atoms with Gasteiger partial charge in [-0.25, -0.2) is 4.39 Å². The fourth-order valence-corrected chi connectivity index (χ4v) is 1.63. The summed E-state index contributed by atoms with van der Waals surface area (Å²) in [5.74, 6) is 0.852. The van der Waals surface area contributed by atoms with Gasteiger partial charge in [0.1, 0.15) is 5.82 Å². The number of nitrogens with zero attached hydrogens (tertiary/aromatic N) is 4. The highest BCUT2D eigenvalue weighted by atomic mass is 19.1. The number of halogens is 1. The summed E-state index contributed by atoms with van der Waals surface area (Å²) in [7, 11) is 5.37. The topological polar surface area (TPSA) is 66.0 Å². The first-order chi connectivity index (χ1) is 9.51. The molecular formula is C13H17FN6. The predicted molar refractivity (Wildman–Crippen MR) is 78.1 cm³/mol. The van der Waals surface area contributed by atoms with E-state index in [9.17, 15) is 4.39 Å². The summed E-state index contributed by atoms with van der Waals surface area (Å²) in [6, 6.07) is 4.87. The molecule has 0 amide bonds. The van der Waals surface area contributed by atoms with Crippen LogP contribution in [0.1, 0.15) is 5.56 Å². The van der Waals surface area contributed by atoms with Crippen LogP contribution < -0.4 is 15.5 Å². The van der Waals surface area contributed by atoms with Crippen LogP contribution in [-0.2, 0) is 0 Å². The lowest BCUT2D eigenvalue weighted by molar-refractivity contribution is 0.630. The Balaban J connectivity index is 2.40. The molecule has 1 aromatic carbocycles. The number of anilines is 4. The summed E-state index contributed by atoms with van der Waals surface area (Å²) in [6.07, 6.45) is 0. The largest absolute Gasteiger partial charge is 0.357 e. The second-order valence-corrected chi connectivity index (χ2v) is 4.48. The van der Waals surface area contributed by atoms with E-state index in [1.165, 1.54) is 6.07 Å². The van der Waals surface area contributed by atoms with Crippen molar-refractivity contribution in [1.82, 2.24) is 15.0 Å². The molecule has 0 atom stereocenters. The lowest BCUT2D eigenvalue weighted by atomic mass is 10.2. The van der Waals surface area contributed by atoms with Gasteiger partial charge in [0.05, 0.1) is 5.69 Å². The molecule has 7 heteroatoms. The Morgan fingerprint density at radius 1 is 1.10 bits per heavy atom. The summed E-state index contributed by atoms with van der Waals surface area (Å²) in [5, 5.41) is 5.76. The molecular weight excluding hydrogens is 259 g/mol. The molecule has 6 nitrogen and oxygen atoms in total. The van der Waals surface area contributed by atoms with E-state index in [1.54, 1.807) is 18.0 Å².